The average molecular weight is 438 g/mol. The number of hydrogen-bond donors (Lipinski definition) is 0. The standard InChI is InChI=1S/C23H19FN2O4S/c1-13-19(22(28)30-3)20(15-6-10-17(29-2)11-7-15)26-21(27)18(31-23(26)25-13)12-14-4-8-16(24)9-5-14/h4-12,20H,1-3H3/b18-12+. The number of aromatic nitrogens is 1. The van der Waals surface area contributed by atoms with Crippen molar-refractivity contribution in [1.82, 2.24) is 4.57 Å². The molecular formula is C23H19FN2O4S. The van der Waals surface area contributed by atoms with Gasteiger partial charge in [-0.25, -0.2) is 14.2 Å². The van der Waals surface area contributed by atoms with Gasteiger partial charge in [-0.3, -0.25) is 9.36 Å². The van der Waals surface area contributed by atoms with Gasteiger partial charge in [0.1, 0.15) is 11.6 Å². The summed E-state index contributed by atoms with van der Waals surface area (Å²) in [5.41, 5.74) is 1.92. The minimum atomic E-state index is -0.690. The summed E-state index contributed by atoms with van der Waals surface area (Å²) in [5.74, 6) is -0.237. The van der Waals surface area contributed by atoms with Crippen molar-refractivity contribution >= 4 is 23.4 Å². The van der Waals surface area contributed by atoms with E-state index in [0.29, 0.717) is 31.9 Å². The van der Waals surface area contributed by atoms with E-state index in [1.807, 2.05) is 12.1 Å². The third kappa shape index (κ3) is 3.82. The summed E-state index contributed by atoms with van der Waals surface area (Å²) in [4.78, 5) is 31.0. The quantitative estimate of drug-likeness (QED) is 0.587. The highest BCUT2D eigenvalue weighted by Gasteiger charge is 2.33. The van der Waals surface area contributed by atoms with Gasteiger partial charge in [0.15, 0.2) is 4.80 Å². The third-order valence-electron chi connectivity index (χ3n) is 5.03. The number of methoxy groups -OCH3 is 2. The number of ether oxygens (including phenoxy) is 2. The number of benzene rings is 2. The maximum Gasteiger partial charge on any atom is 0.338 e. The molecule has 1 atom stereocenters. The van der Waals surface area contributed by atoms with Crippen LogP contribution in [0, 0.1) is 5.82 Å². The second kappa shape index (κ2) is 8.31. The molecule has 3 aromatic rings. The lowest BCUT2D eigenvalue weighted by Crippen LogP contribution is -2.39. The van der Waals surface area contributed by atoms with Crippen molar-refractivity contribution in [1.29, 1.82) is 0 Å². The second-order valence-corrected chi connectivity index (χ2v) is 7.91. The van der Waals surface area contributed by atoms with Crippen molar-refractivity contribution in [3.05, 3.63) is 96.4 Å². The van der Waals surface area contributed by atoms with Crippen LogP contribution < -0.4 is 19.6 Å². The zero-order valence-electron chi connectivity index (χ0n) is 17.1. The highest BCUT2D eigenvalue weighted by molar-refractivity contribution is 7.07. The van der Waals surface area contributed by atoms with Gasteiger partial charge in [-0.05, 0) is 48.4 Å². The molecule has 0 radical (unpaired) electrons. The van der Waals surface area contributed by atoms with Gasteiger partial charge in [0.05, 0.1) is 36.1 Å². The molecule has 1 aliphatic heterocycles. The molecular weight excluding hydrogens is 419 g/mol. The summed E-state index contributed by atoms with van der Waals surface area (Å²) in [6.45, 7) is 1.72. The topological polar surface area (TPSA) is 69.9 Å². The summed E-state index contributed by atoms with van der Waals surface area (Å²) < 4.78 is 25.4. The van der Waals surface area contributed by atoms with Crippen LogP contribution in [-0.4, -0.2) is 24.8 Å². The van der Waals surface area contributed by atoms with E-state index in [0.717, 1.165) is 5.56 Å². The van der Waals surface area contributed by atoms with Gasteiger partial charge >= 0.3 is 5.97 Å². The Balaban J connectivity index is 1.94. The molecule has 2 heterocycles. The first-order valence-electron chi connectivity index (χ1n) is 9.43. The van der Waals surface area contributed by atoms with Crippen LogP contribution in [0.25, 0.3) is 6.08 Å². The van der Waals surface area contributed by atoms with Crippen LogP contribution >= 0.6 is 11.3 Å². The number of esters is 1. The van der Waals surface area contributed by atoms with Crippen LogP contribution in [0.15, 0.2) is 69.6 Å². The van der Waals surface area contributed by atoms with Gasteiger partial charge in [-0.1, -0.05) is 35.6 Å². The van der Waals surface area contributed by atoms with E-state index >= 15 is 0 Å². The second-order valence-electron chi connectivity index (χ2n) is 6.90. The molecule has 6 nitrogen and oxygen atoms in total. The van der Waals surface area contributed by atoms with Crippen molar-refractivity contribution in [3.63, 3.8) is 0 Å². The van der Waals surface area contributed by atoms with Crippen LogP contribution in [0.2, 0.25) is 0 Å². The molecule has 8 heteroatoms. The van der Waals surface area contributed by atoms with Gasteiger partial charge in [0.25, 0.3) is 5.56 Å². The Morgan fingerprint density at radius 1 is 1.13 bits per heavy atom. The normalized spacial score (nSPS) is 16.0. The molecule has 31 heavy (non-hydrogen) atoms. The van der Waals surface area contributed by atoms with Gasteiger partial charge in [0.2, 0.25) is 0 Å². The van der Waals surface area contributed by atoms with Gasteiger partial charge < -0.3 is 9.47 Å². The first kappa shape index (κ1) is 20.7. The lowest BCUT2D eigenvalue weighted by atomic mass is 9.96. The Morgan fingerprint density at radius 2 is 1.81 bits per heavy atom. The van der Waals surface area contributed by atoms with E-state index < -0.39 is 12.0 Å². The van der Waals surface area contributed by atoms with E-state index in [2.05, 4.69) is 4.99 Å². The van der Waals surface area contributed by atoms with Crippen molar-refractivity contribution in [2.45, 2.75) is 13.0 Å². The minimum Gasteiger partial charge on any atom is -0.497 e. The number of thiazole rings is 1. The number of rotatable bonds is 4. The van der Waals surface area contributed by atoms with Crippen LogP contribution in [0.4, 0.5) is 4.39 Å². The van der Waals surface area contributed by atoms with Crippen molar-refractivity contribution < 1.29 is 18.7 Å². The van der Waals surface area contributed by atoms with E-state index in [1.54, 1.807) is 44.4 Å². The molecule has 2 aromatic carbocycles. The van der Waals surface area contributed by atoms with Crippen LogP contribution in [0.5, 0.6) is 5.75 Å². The number of carbonyl (C=O) groups is 1. The van der Waals surface area contributed by atoms with Gasteiger partial charge in [0, 0.05) is 0 Å². The van der Waals surface area contributed by atoms with Crippen molar-refractivity contribution in [3.8, 4) is 5.75 Å². The van der Waals surface area contributed by atoms with Gasteiger partial charge in [-0.2, -0.15) is 0 Å². The van der Waals surface area contributed by atoms with E-state index in [9.17, 15) is 14.0 Å². The number of allylic oxidation sites excluding steroid dienone is 1. The average Bonchev–Trinajstić information content (AvgIpc) is 3.08. The lowest BCUT2D eigenvalue weighted by molar-refractivity contribution is -0.136. The fourth-order valence-electron chi connectivity index (χ4n) is 3.50. The molecule has 0 amide bonds. The van der Waals surface area contributed by atoms with Gasteiger partial charge in [-0.15, -0.1) is 0 Å². The maximum absolute atomic E-state index is 13.4. The molecule has 0 fully saturated rings. The molecule has 0 saturated heterocycles. The molecule has 0 spiro atoms. The molecule has 0 aliphatic carbocycles. The van der Waals surface area contributed by atoms with E-state index in [1.165, 1.54) is 35.1 Å². The molecule has 4 rings (SSSR count). The fraction of sp³-hybridized carbons (Fsp3) is 0.174. The zero-order chi connectivity index (χ0) is 22.1. The Hall–Kier alpha value is -3.52. The van der Waals surface area contributed by atoms with E-state index in [4.69, 9.17) is 9.47 Å². The molecule has 0 saturated carbocycles. The number of fused-ring (bicyclic) bond motifs is 1. The number of carbonyl (C=O) groups excluding carboxylic acids is 1. The Bertz CT molecular complexity index is 1350. The zero-order valence-corrected chi connectivity index (χ0v) is 17.9. The van der Waals surface area contributed by atoms with Crippen molar-refractivity contribution in [2.75, 3.05) is 14.2 Å². The van der Waals surface area contributed by atoms with Crippen LogP contribution in [-0.2, 0) is 9.53 Å². The smallest absolute Gasteiger partial charge is 0.338 e. The molecule has 1 unspecified atom stereocenters. The largest absolute Gasteiger partial charge is 0.497 e. The predicted molar refractivity (Wildman–Crippen MR) is 115 cm³/mol. The highest BCUT2D eigenvalue weighted by Crippen LogP contribution is 2.31. The summed E-state index contributed by atoms with van der Waals surface area (Å²) in [5, 5.41) is 0. The van der Waals surface area contributed by atoms with Crippen LogP contribution in [0.1, 0.15) is 24.1 Å². The highest BCUT2D eigenvalue weighted by atomic mass is 32.1. The maximum atomic E-state index is 13.4. The monoisotopic (exact) mass is 438 g/mol. The number of nitrogens with zero attached hydrogens (tertiary/aromatic N) is 2. The summed E-state index contributed by atoms with van der Waals surface area (Å²) in [6.07, 6.45) is 1.69. The van der Waals surface area contributed by atoms with Crippen LogP contribution in [0.3, 0.4) is 0 Å². The number of halogens is 1. The Morgan fingerprint density at radius 3 is 2.42 bits per heavy atom. The minimum absolute atomic E-state index is 0.289. The summed E-state index contributed by atoms with van der Waals surface area (Å²) in [7, 11) is 2.87. The number of hydrogen-bond acceptors (Lipinski definition) is 6. The summed E-state index contributed by atoms with van der Waals surface area (Å²) >= 11 is 1.22. The fourth-order valence-corrected chi connectivity index (χ4v) is 4.55. The van der Waals surface area contributed by atoms with E-state index in [-0.39, 0.29) is 11.4 Å². The molecule has 0 N–H and O–H groups in total. The van der Waals surface area contributed by atoms with Crippen molar-refractivity contribution in [2.24, 2.45) is 4.99 Å². The Kier molecular flexibility index (Phi) is 5.56. The lowest BCUT2D eigenvalue weighted by Gasteiger charge is -2.24. The Labute approximate surface area is 181 Å². The molecule has 0 bridgehead atoms. The first-order valence-corrected chi connectivity index (χ1v) is 10.2. The molecule has 158 valence electrons. The predicted octanol–water partition coefficient (Wildman–Crippen LogP) is 2.56. The SMILES string of the molecule is COC(=O)C1=C(C)N=c2s/c(=C/c3ccc(F)cc3)c(=O)n2C1c1ccc(OC)cc1. The summed E-state index contributed by atoms with van der Waals surface area (Å²) in [6, 6.07) is 12.3. The molecule has 1 aliphatic rings. The third-order valence-corrected chi connectivity index (χ3v) is 6.01. The first-order chi connectivity index (χ1) is 14.9. The molecule has 1 aromatic heterocycles.